The minimum atomic E-state index is -2.04. The summed E-state index contributed by atoms with van der Waals surface area (Å²) in [6, 6.07) is 5.27. The Morgan fingerprint density at radius 2 is 1.71 bits per heavy atom. The third-order valence-corrected chi connectivity index (χ3v) is 11.9. The first-order valence-corrected chi connectivity index (χ1v) is 13.2. The lowest BCUT2D eigenvalue weighted by Gasteiger charge is -2.42. The third-order valence-electron chi connectivity index (χ3n) is 5.84. The van der Waals surface area contributed by atoms with E-state index in [1.165, 1.54) is 0 Å². The molecule has 3 N–H and O–H groups in total. The van der Waals surface area contributed by atoms with E-state index in [2.05, 4.69) is 51.6 Å². The first-order chi connectivity index (χ1) is 14.5. The molecular formula is C22H39N3O5Si. The van der Waals surface area contributed by atoms with E-state index in [1.54, 1.807) is 12.1 Å². The number of rotatable bonds is 14. The highest BCUT2D eigenvalue weighted by Crippen LogP contribution is 2.43. The average molecular weight is 454 g/mol. The summed E-state index contributed by atoms with van der Waals surface area (Å²) in [4.78, 5) is 21.8. The molecule has 176 valence electrons. The Bertz CT molecular complexity index is 703. The highest BCUT2D eigenvalue weighted by atomic mass is 28.4. The molecule has 1 aromatic rings. The molecule has 0 unspecified atom stereocenters. The molecule has 0 bridgehead atoms. The molecule has 0 spiro atoms. The highest BCUT2D eigenvalue weighted by Gasteiger charge is 2.45. The summed E-state index contributed by atoms with van der Waals surface area (Å²) in [7, 11) is -2.04. The number of hydrogen-bond acceptors (Lipinski definition) is 6. The molecule has 0 aliphatic carbocycles. The van der Waals surface area contributed by atoms with Crippen LogP contribution in [0.15, 0.2) is 18.2 Å². The molecule has 9 heteroatoms. The number of nitrogens with two attached hydrogens (primary N) is 1. The maximum atomic E-state index is 11.6. The van der Waals surface area contributed by atoms with Crippen molar-refractivity contribution >= 4 is 25.8 Å². The number of nitro benzene ring substituents is 1. The van der Waals surface area contributed by atoms with Crippen LogP contribution >= 0.6 is 0 Å². The molecule has 0 fully saturated rings. The quantitative estimate of drug-likeness (QED) is 0.155. The Morgan fingerprint density at radius 1 is 1.10 bits per heavy atom. The average Bonchev–Trinajstić information content (AvgIpc) is 2.67. The number of nitrogens with zero attached hydrogens (tertiary/aromatic N) is 1. The summed E-state index contributed by atoms with van der Waals surface area (Å²) < 4.78 is 11.3. The van der Waals surface area contributed by atoms with Gasteiger partial charge in [0.05, 0.1) is 18.1 Å². The van der Waals surface area contributed by atoms with Crippen LogP contribution in [0.1, 0.15) is 66.4 Å². The molecule has 0 heterocycles. The van der Waals surface area contributed by atoms with E-state index >= 15 is 0 Å². The molecule has 0 atom stereocenters. The van der Waals surface area contributed by atoms with Crippen molar-refractivity contribution in [1.82, 2.24) is 0 Å². The fraction of sp³-hybridized carbons (Fsp3) is 0.682. The van der Waals surface area contributed by atoms with Gasteiger partial charge in [0.15, 0.2) is 0 Å². The second-order valence-corrected chi connectivity index (χ2v) is 14.3. The lowest BCUT2D eigenvalue weighted by Crippen LogP contribution is -2.47. The van der Waals surface area contributed by atoms with Crippen molar-refractivity contribution < 1.29 is 18.9 Å². The Morgan fingerprint density at radius 3 is 2.23 bits per heavy atom. The van der Waals surface area contributed by atoms with E-state index < -0.39 is 14.4 Å². The molecule has 0 saturated heterocycles. The van der Waals surface area contributed by atoms with E-state index in [1.807, 2.05) is 6.07 Å². The van der Waals surface area contributed by atoms with Gasteiger partial charge in [-0.15, -0.1) is 0 Å². The van der Waals surface area contributed by atoms with E-state index in [-0.39, 0.29) is 17.2 Å². The summed E-state index contributed by atoms with van der Waals surface area (Å²) >= 11 is 0. The minimum absolute atomic E-state index is 0.0593. The zero-order valence-electron chi connectivity index (χ0n) is 19.8. The number of anilines is 1. The summed E-state index contributed by atoms with van der Waals surface area (Å²) in [5.74, 6) is 0. The molecule has 1 rings (SSSR count). The number of benzene rings is 1. The fourth-order valence-electron chi connectivity index (χ4n) is 4.48. The van der Waals surface area contributed by atoms with E-state index in [0.717, 1.165) is 18.4 Å². The van der Waals surface area contributed by atoms with Gasteiger partial charge in [-0.05, 0) is 47.5 Å². The number of unbranched alkanes of at least 4 members (excludes halogenated alkanes) is 2. The first kappa shape index (κ1) is 26.9. The molecular weight excluding hydrogens is 414 g/mol. The van der Waals surface area contributed by atoms with Gasteiger partial charge in [0.1, 0.15) is 5.69 Å². The SMILES string of the molecule is CC(C)[Si](OCc1ccc(NCCCCCOC(N)=O)c([N+](=O)[O-])c1)(C(C)C)C(C)C. The van der Waals surface area contributed by atoms with Gasteiger partial charge in [-0.25, -0.2) is 4.79 Å². The zero-order chi connectivity index (χ0) is 23.6. The van der Waals surface area contributed by atoms with Crippen LogP contribution in [-0.2, 0) is 15.8 Å². The highest BCUT2D eigenvalue weighted by molar-refractivity contribution is 6.77. The topological polar surface area (TPSA) is 117 Å². The van der Waals surface area contributed by atoms with Crippen LogP contribution < -0.4 is 11.1 Å². The molecule has 1 aromatic carbocycles. The van der Waals surface area contributed by atoms with Crippen molar-refractivity contribution in [3.8, 4) is 0 Å². The minimum Gasteiger partial charge on any atom is -0.450 e. The molecule has 8 nitrogen and oxygen atoms in total. The van der Waals surface area contributed by atoms with Crippen LogP contribution in [0.4, 0.5) is 16.2 Å². The maximum absolute atomic E-state index is 11.6. The number of ether oxygens (including phenoxy) is 1. The van der Waals surface area contributed by atoms with E-state index in [4.69, 9.17) is 10.2 Å². The lowest BCUT2D eigenvalue weighted by molar-refractivity contribution is -0.384. The van der Waals surface area contributed by atoms with Crippen molar-refractivity contribution in [2.24, 2.45) is 5.73 Å². The van der Waals surface area contributed by atoms with Gasteiger partial charge >= 0.3 is 6.09 Å². The second kappa shape index (κ2) is 12.7. The number of amides is 1. The van der Waals surface area contributed by atoms with Gasteiger partial charge in [-0.2, -0.15) is 0 Å². The predicted octanol–water partition coefficient (Wildman–Crippen LogP) is 5.96. The Hall–Kier alpha value is -2.13. The molecule has 0 aromatic heterocycles. The number of nitrogens with one attached hydrogen (secondary N) is 1. The van der Waals surface area contributed by atoms with Gasteiger partial charge in [0.2, 0.25) is 8.32 Å². The number of nitro groups is 1. The smallest absolute Gasteiger partial charge is 0.404 e. The van der Waals surface area contributed by atoms with Crippen LogP contribution in [0.5, 0.6) is 0 Å². The zero-order valence-corrected chi connectivity index (χ0v) is 20.8. The van der Waals surface area contributed by atoms with Crippen molar-refractivity contribution in [2.75, 3.05) is 18.5 Å². The summed E-state index contributed by atoms with van der Waals surface area (Å²) in [6.45, 7) is 14.6. The van der Waals surface area contributed by atoms with Gasteiger partial charge in [0, 0.05) is 12.6 Å². The van der Waals surface area contributed by atoms with Crippen LogP contribution in [0.3, 0.4) is 0 Å². The predicted molar refractivity (Wildman–Crippen MR) is 127 cm³/mol. The van der Waals surface area contributed by atoms with Crippen molar-refractivity contribution in [3.63, 3.8) is 0 Å². The largest absolute Gasteiger partial charge is 0.450 e. The summed E-state index contributed by atoms with van der Waals surface area (Å²) in [5, 5.41) is 14.8. The van der Waals surface area contributed by atoms with Gasteiger partial charge in [-0.3, -0.25) is 10.1 Å². The van der Waals surface area contributed by atoms with Crippen LogP contribution in [0.25, 0.3) is 0 Å². The monoisotopic (exact) mass is 453 g/mol. The molecule has 0 saturated carbocycles. The molecule has 31 heavy (non-hydrogen) atoms. The second-order valence-electron chi connectivity index (χ2n) is 8.87. The van der Waals surface area contributed by atoms with Crippen molar-refractivity contribution in [2.45, 2.75) is 84.0 Å². The van der Waals surface area contributed by atoms with E-state index in [9.17, 15) is 14.9 Å². The van der Waals surface area contributed by atoms with Gasteiger partial charge in [0.25, 0.3) is 5.69 Å². The molecule has 0 aliphatic heterocycles. The van der Waals surface area contributed by atoms with Gasteiger partial charge in [-0.1, -0.05) is 47.6 Å². The molecule has 0 radical (unpaired) electrons. The standard InChI is InChI=1S/C22H39N3O5Si/c1-16(2)31(17(3)4,18(5)6)30-15-19-10-11-20(21(14-19)25(27)28)24-12-8-7-9-13-29-22(23)26/h10-11,14,16-18,24H,7-9,12-13,15H2,1-6H3,(H2,23,26). The lowest BCUT2D eigenvalue weighted by atomic mass is 10.1. The molecule has 1 amide bonds. The van der Waals surface area contributed by atoms with Crippen LogP contribution in [0.2, 0.25) is 16.6 Å². The maximum Gasteiger partial charge on any atom is 0.404 e. The Kier molecular flexibility index (Phi) is 11.0. The third kappa shape index (κ3) is 7.81. The van der Waals surface area contributed by atoms with Crippen molar-refractivity contribution in [3.05, 3.63) is 33.9 Å². The Labute approximate surface area is 187 Å². The number of carbonyl (C=O) groups is 1. The molecule has 0 aliphatic rings. The van der Waals surface area contributed by atoms with Crippen LogP contribution in [-0.4, -0.2) is 32.5 Å². The van der Waals surface area contributed by atoms with E-state index in [0.29, 0.717) is 41.9 Å². The van der Waals surface area contributed by atoms with Crippen LogP contribution in [0, 0.1) is 10.1 Å². The van der Waals surface area contributed by atoms with Gasteiger partial charge < -0.3 is 20.2 Å². The fourth-order valence-corrected chi connectivity index (χ4v) is 9.89. The Balaban J connectivity index is 2.76. The number of hydrogen-bond donors (Lipinski definition) is 2. The first-order valence-electron chi connectivity index (χ1n) is 11.1. The van der Waals surface area contributed by atoms with Crippen molar-refractivity contribution in [1.29, 1.82) is 0 Å². The number of primary amides is 1. The summed E-state index contributed by atoms with van der Waals surface area (Å²) in [6.07, 6.45) is 1.56. The number of carbonyl (C=O) groups excluding carboxylic acids is 1. The normalized spacial score (nSPS) is 11.9. The summed E-state index contributed by atoms with van der Waals surface area (Å²) in [5.41, 5.74) is 7.66.